The summed E-state index contributed by atoms with van der Waals surface area (Å²) in [4.78, 5) is 31.0. The van der Waals surface area contributed by atoms with Gasteiger partial charge in [0.15, 0.2) is 0 Å². The van der Waals surface area contributed by atoms with E-state index in [1.807, 2.05) is 49.4 Å². The smallest absolute Gasteiger partial charge is 0.337 e. The number of anilines is 2. The molecule has 2 heterocycles. The van der Waals surface area contributed by atoms with E-state index in [1.54, 1.807) is 28.8 Å². The van der Waals surface area contributed by atoms with E-state index in [2.05, 4.69) is 41.9 Å². The quantitative estimate of drug-likeness (QED) is 0.211. The third kappa shape index (κ3) is 4.64. The lowest BCUT2D eigenvalue weighted by molar-refractivity contribution is 0.0687. The Labute approximate surface area is 243 Å². The van der Waals surface area contributed by atoms with Crippen LogP contribution in [0.3, 0.4) is 0 Å². The molecule has 0 amide bonds. The van der Waals surface area contributed by atoms with Crippen molar-refractivity contribution < 1.29 is 24.5 Å². The topological polar surface area (TPSA) is 105 Å². The van der Waals surface area contributed by atoms with Crippen molar-refractivity contribution in [1.82, 2.24) is 9.55 Å². The fraction of sp³-hybridized carbons (Fsp3) is 0.206. The Morgan fingerprint density at radius 1 is 0.905 bits per heavy atom. The van der Waals surface area contributed by atoms with Gasteiger partial charge in [-0.2, -0.15) is 4.98 Å². The third-order valence-electron chi connectivity index (χ3n) is 7.86. The second-order valence-electron chi connectivity index (χ2n) is 11.1. The van der Waals surface area contributed by atoms with Crippen LogP contribution in [0, 0.1) is 0 Å². The number of nitrogens with zero attached hydrogens (tertiary/aromatic N) is 3. The van der Waals surface area contributed by atoms with Crippen LogP contribution in [0.15, 0.2) is 84.9 Å². The first-order chi connectivity index (χ1) is 20.2. The number of ether oxygens (including phenoxy) is 1. The summed E-state index contributed by atoms with van der Waals surface area (Å²) in [6.07, 6.45) is 0. The van der Waals surface area contributed by atoms with Crippen LogP contribution in [-0.2, 0) is 12.0 Å². The van der Waals surface area contributed by atoms with Crippen LogP contribution in [0.4, 0.5) is 11.4 Å². The molecule has 1 aliphatic heterocycles. The van der Waals surface area contributed by atoms with E-state index in [9.17, 15) is 19.8 Å². The number of imidazole rings is 1. The maximum atomic E-state index is 12.2. The van der Waals surface area contributed by atoms with Gasteiger partial charge in [0.1, 0.15) is 0 Å². The minimum Gasteiger partial charge on any atom is -0.478 e. The fourth-order valence-corrected chi connectivity index (χ4v) is 5.90. The van der Waals surface area contributed by atoms with Gasteiger partial charge in [-0.1, -0.05) is 62.4 Å². The molecule has 4 aromatic carbocycles. The minimum absolute atomic E-state index is 0.0395. The number of para-hydroxylation sites is 2. The average molecular weight is 562 g/mol. The van der Waals surface area contributed by atoms with E-state index in [0.717, 1.165) is 29.0 Å². The maximum Gasteiger partial charge on any atom is 0.337 e. The second-order valence-corrected chi connectivity index (χ2v) is 11.1. The molecule has 0 aliphatic carbocycles. The van der Waals surface area contributed by atoms with Crippen molar-refractivity contribution in [1.29, 1.82) is 0 Å². The number of carbonyl (C=O) groups is 2. The molecule has 8 nitrogen and oxygen atoms in total. The van der Waals surface area contributed by atoms with E-state index in [-0.39, 0.29) is 16.5 Å². The molecule has 5 aromatic rings. The molecule has 2 N–H and O–H groups in total. The maximum absolute atomic E-state index is 12.2. The van der Waals surface area contributed by atoms with Gasteiger partial charge >= 0.3 is 11.9 Å². The lowest BCUT2D eigenvalue weighted by atomic mass is 9.87. The fourth-order valence-electron chi connectivity index (χ4n) is 5.90. The standard InChI is InChI=1S/C34H31N3O5/c1-4-42-33-35-28-10-7-8-25(32(40)41)30(28)36(33)19-21-12-14-22(15-13-21)26-18-23(16-17-24(26)31(38)39)37-20-34(2,3)27-9-5-6-11-29(27)37/h5-18H,4,19-20H2,1-3H3,(H,38,39)(H,40,41). The van der Waals surface area contributed by atoms with E-state index < -0.39 is 11.9 Å². The number of aromatic nitrogens is 2. The van der Waals surface area contributed by atoms with Crippen LogP contribution in [0.25, 0.3) is 22.2 Å². The van der Waals surface area contributed by atoms with Crippen molar-refractivity contribution >= 4 is 34.3 Å². The van der Waals surface area contributed by atoms with Crippen LogP contribution >= 0.6 is 0 Å². The molecule has 0 saturated heterocycles. The number of aromatic carboxylic acids is 2. The van der Waals surface area contributed by atoms with Crippen molar-refractivity contribution in [2.45, 2.75) is 32.7 Å². The Balaban J connectivity index is 1.37. The monoisotopic (exact) mass is 561 g/mol. The molecule has 0 bridgehead atoms. The molecule has 6 rings (SSSR count). The Hall–Kier alpha value is -5.11. The Morgan fingerprint density at radius 3 is 2.36 bits per heavy atom. The summed E-state index contributed by atoms with van der Waals surface area (Å²) in [7, 11) is 0. The molecular formula is C34H31N3O5. The molecule has 0 spiro atoms. The van der Waals surface area contributed by atoms with Gasteiger partial charge in [0.25, 0.3) is 6.01 Å². The summed E-state index contributed by atoms with van der Waals surface area (Å²) in [5.74, 6) is -2.03. The number of carboxylic acid groups (broad SMARTS) is 2. The number of hydrogen-bond donors (Lipinski definition) is 2. The normalized spacial score (nSPS) is 13.7. The minimum atomic E-state index is -1.04. The molecule has 8 heteroatoms. The molecule has 0 saturated carbocycles. The van der Waals surface area contributed by atoms with Gasteiger partial charge in [0.2, 0.25) is 0 Å². The van der Waals surface area contributed by atoms with E-state index >= 15 is 0 Å². The number of benzene rings is 4. The van der Waals surface area contributed by atoms with Gasteiger partial charge in [0, 0.05) is 23.3 Å². The van der Waals surface area contributed by atoms with Crippen molar-refractivity contribution in [3.63, 3.8) is 0 Å². The van der Waals surface area contributed by atoms with Crippen LogP contribution in [0.5, 0.6) is 6.01 Å². The molecule has 0 unspecified atom stereocenters. The lowest BCUT2D eigenvalue weighted by Gasteiger charge is -2.23. The predicted octanol–water partition coefficient (Wildman–Crippen LogP) is 6.98. The summed E-state index contributed by atoms with van der Waals surface area (Å²) in [6, 6.07) is 26.8. The predicted molar refractivity (Wildman–Crippen MR) is 162 cm³/mol. The van der Waals surface area contributed by atoms with Gasteiger partial charge in [0.05, 0.1) is 35.3 Å². The molecule has 1 aliphatic rings. The summed E-state index contributed by atoms with van der Waals surface area (Å²) in [6.45, 7) is 7.80. The van der Waals surface area contributed by atoms with Crippen LogP contribution in [0.2, 0.25) is 0 Å². The van der Waals surface area contributed by atoms with E-state index in [1.165, 1.54) is 5.56 Å². The molecule has 212 valence electrons. The first-order valence-corrected chi connectivity index (χ1v) is 13.9. The SMILES string of the molecule is CCOc1nc2cccc(C(=O)O)c2n1Cc1ccc(-c2cc(N3CC(C)(C)c4ccccc43)ccc2C(=O)O)cc1. The van der Waals surface area contributed by atoms with Crippen LogP contribution in [0.1, 0.15) is 52.6 Å². The number of carboxylic acids is 2. The van der Waals surface area contributed by atoms with Gasteiger partial charge in [-0.3, -0.25) is 4.57 Å². The average Bonchev–Trinajstić information content (AvgIpc) is 3.46. The zero-order valence-electron chi connectivity index (χ0n) is 23.7. The zero-order valence-corrected chi connectivity index (χ0v) is 23.7. The summed E-state index contributed by atoms with van der Waals surface area (Å²) in [5.41, 5.74) is 7.00. The Kier molecular flexibility index (Phi) is 6.69. The van der Waals surface area contributed by atoms with E-state index in [4.69, 9.17) is 4.74 Å². The van der Waals surface area contributed by atoms with Crippen molar-refractivity contribution in [3.05, 3.63) is 107 Å². The van der Waals surface area contributed by atoms with Crippen molar-refractivity contribution in [2.75, 3.05) is 18.1 Å². The molecule has 42 heavy (non-hydrogen) atoms. The number of fused-ring (bicyclic) bond motifs is 2. The zero-order chi connectivity index (χ0) is 29.6. The highest BCUT2D eigenvalue weighted by molar-refractivity contribution is 6.01. The summed E-state index contributed by atoms with van der Waals surface area (Å²) >= 11 is 0. The highest BCUT2D eigenvalue weighted by Crippen LogP contribution is 2.45. The van der Waals surface area contributed by atoms with E-state index in [0.29, 0.717) is 35.8 Å². The highest BCUT2D eigenvalue weighted by Gasteiger charge is 2.35. The largest absolute Gasteiger partial charge is 0.478 e. The van der Waals surface area contributed by atoms with Gasteiger partial charge in [-0.05, 0) is 65.6 Å². The lowest BCUT2D eigenvalue weighted by Crippen LogP contribution is -2.25. The first-order valence-electron chi connectivity index (χ1n) is 13.9. The first kappa shape index (κ1) is 27.1. The molecule has 0 radical (unpaired) electrons. The van der Waals surface area contributed by atoms with Crippen molar-refractivity contribution in [3.8, 4) is 17.1 Å². The summed E-state index contributed by atoms with van der Waals surface area (Å²) in [5, 5.41) is 19.8. The van der Waals surface area contributed by atoms with Crippen molar-refractivity contribution in [2.24, 2.45) is 0 Å². The highest BCUT2D eigenvalue weighted by atomic mass is 16.5. The van der Waals surface area contributed by atoms with Crippen LogP contribution < -0.4 is 9.64 Å². The Morgan fingerprint density at radius 2 is 1.64 bits per heavy atom. The second kappa shape index (κ2) is 10.4. The molecule has 0 atom stereocenters. The number of rotatable bonds is 8. The molecule has 1 aromatic heterocycles. The molecule has 0 fully saturated rings. The number of hydrogen-bond acceptors (Lipinski definition) is 5. The Bertz CT molecular complexity index is 1840. The third-order valence-corrected chi connectivity index (χ3v) is 7.86. The van der Waals surface area contributed by atoms with Gasteiger partial charge in [-0.25, -0.2) is 9.59 Å². The van der Waals surface area contributed by atoms with Gasteiger partial charge < -0.3 is 19.8 Å². The molecular weight excluding hydrogens is 530 g/mol. The van der Waals surface area contributed by atoms with Crippen LogP contribution in [-0.4, -0.2) is 44.9 Å². The summed E-state index contributed by atoms with van der Waals surface area (Å²) < 4.78 is 7.53. The van der Waals surface area contributed by atoms with Gasteiger partial charge in [-0.15, -0.1) is 0 Å².